The minimum atomic E-state index is 0.368. The highest BCUT2D eigenvalue weighted by atomic mass is 16.5. The van der Waals surface area contributed by atoms with Crippen molar-refractivity contribution in [3.05, 3.63) is 18.0 Å². The first-order chi connectivity index (χ1) is 5.81. The fourth-order valence-corrected chi connectivity index (χ4v) is 0.897. The van der Waals surface area contributed by atoms with Crippen LogP contribution >= 0.6 is 0 Å². The number of rotatable bonds is 3. The summed E-state index contributed by atoms with van der Waals surface area (Å²) in [6, 6.07) is 1.76. The van der Waals surface area contributed by atoms with Gasteiger partial charge in [-0.2, -0.15) is 0 Å². The molecule has 1 aromatic rings. The fourth-order valence-electron chi connectivity index (χ4n) is 0.897. The number of aromatic nitrogens is 1. The molecule has 0 amide bonds. The normalized spacial score (nSPS) is 9.58. The summed E-state index contributed by atoms with van der Waals surface area (Å²) in [5.41, 5.74) is 6.17. The van der Waals surface area contributed by atoms with Crippen LogP contribution in [0.15, 0.2) is 12.3 Å². The van der Waals surface area contributed by atoms with Crippen LogP contribution in [0.4, 0.5) is 0 Å². The molecule has 4 heteroatoms. The van der Waals surface area contributed by atoms with Crippen LogP contribution in [-0.4, -0.2) is 19.2 Å². The third kappa shape index (κ3) is 1.65. The van der Waals surface area contributed by atoms with E-state index in [0.29, 0.717) is 18.0 Å². The van der Waals surface area contributed by atoms with Gasteiger partial charge in [0.05, 0.1) is 26.1 Å². The Kier molecular flexibility index (Phi) is 2.88. The molecule has 0 fully saturated rings. The molecule has 0 bridgehead atoms. The van der Waals surface area contributed by atoms with Crippen molar-refractivity contribution < 1.29 is 9.47 Å². The third-order valence-corrected chi connectivity index (χ3v) is 1.55. The zero-order chi connectivity index (χ0) is 8.97. The Morgan fingerprint density at radius 2 is 2.17 bits per heavy atom. The maximum atomic E-state index is 5.43. The lowest BCUT2D eigenvalue weighted by atomic mass is 10.3. The van der Waals surface area contributed by atoms with E-state index in [0.717, 1.165) is 5.69 Å². The van der Waals surface area contributed by atoms with Gasteiger partial charge in [-0.1, -0.05) is 0 Å². The molecule has 0 saturated heterocycles. The lowest BCUT2D eigenvalue weighted by Crippen LogP contribution is -2.02. The van der Waals surface area contributed by atoms with Crippen LogP contribution in [0.1, 0.15) is 5.69 Å². The van der Waals surface area contributed by atoms with Crippen LogP contribution in [0.2, 0.25) is 0 Å². The summed E-state index contributed by atoms with van der Waals surface area (Å²) in [7, 11) is 3.16. The van der Waals surface area contributed by atoms with E-state index in [9.17, 15) is 0 Å². The second kappa shape index (κ2) is 3.92. The summed E-state index contributed by atoms with van der Waals surface area (Å²) in [5.74, 6) is 1.33. The van der Waals surface area contributed by atoms with Crippen molar-refractivity contribution >= 4 is 0 Å². The van der Waals surface area contributed by atoms with E-state index in [1.54, 1.807) is 26.5 Å². The standard InChI is InChI=1S/C8H12N2O2/c1-11-6-3-8(12-2)7(4-9)10-5-6/h3,5H,4,9H2,1-2H3. The lowest BCUT2D eigenvalue weighted by Gasteiger charge is -2.06. The number of ether oxygens (including phenoxy) is 2. The summed E-state index contributed by atoms with van der Waals surface area (Å²) >= 11 is 0. The zero-order valence-corrected chi connectivity index (χ0v) is 7.20. The Morgan fingerprint density at radius 3 is 2.67 bits per heavy atom. The third-order valence-electron chi connectivity index (χ3n) is 1.55. The summed E-state index contributed by atoms with van der Waals surface area (Å²) in [6.45, 7) is 0.368. The highest BCUT2D eigenvalue weighted by Gasteiger charge is 2.03. The molecule has 66 valence electrons. The van der Waals surface area contributed by atoms with Gasteiger partial charge in [-0.3, -0.25) is 4.98 Å². The van der Waals surface area contributed by atoms with Gasteiger partial charge in [-0.05, 0) is 0 Å². The van der Waals surface area contributed by atoms with Gasteiger partial charge >= 0.3 is 0 Å². The fraction of sp³-hybridized carbons (Fsp3) is 0.375. The molecule has 2 N–H and O–H groups in total. The number of hydrogen-bond donors (Lipinski definition) is 1. The lowest BCUT2D eigenvalue weighted by molar-refractivity contribution is 0.387. The highest BCUT2D eigenvalue weighted by Crippen LogP contribution is 2.20. The predicted octanol–water partition coefficient (Wildman–Crippen LogP) is 0.557. The summed E-state index contributed by atoms with van der Waals surface area (Å²) in [5, 5.41) is 0. The van der Waals surface area contributed by atoms with Crippen molar-refractivity contribution in [2.75, 3.05) is 14.2 Å². The molecule has 0 aliphatic heterocycles. The molecule has 0 radical (unpaired) electrons. The van der Waals surface area contributed by atoms with E-state index in [1.807, 2.05) is 0 Å². The van der Waals surface area contributed by atoms with E-state index >= 15 is 0 Å². The van der Waals surface area contributed by atoms with E-state index in [4.69, 9.17) is 15.2 Å². The second-order valence-corrected chi connectivity index (χ2v) is 2.23. The van der Waals surface area contributed by atoms with E-state index in [1.165, 1.54) is 0 Å². The second-order valence-electron chi connectivity index (χ2n) is 2.23. The van der Waals surface area contributed by atoms with E-state index in [2.05, 4.69) is 4.98 Å². The number of hydrogen-bond acceptors (Lipinski definition) is 4. The number of nitrogens with zero attached hydrogens (tertiary/aromatic N) is 1. The molecule has 0 spiro atoms. The molecule has 12 heavy (non-hydrogen) atoms. The van der Waals surface area contributed by atoms with E-state index < -0.39 is 0 Å². The largest absolute Gasteiger partial charge is 0.495 e. The molecule has 0 aliphatic rings. The maximum Gasteiger partial charge on any atom is 0.145 e. The Morgan fingerprint density at radius 1 is 1.42 bits per heavy atom. The smallest absolute Gasteiger partial charge is 0.145 e. The Hall–Kier alpha value is -1.29. The van der Waals surface area contributed by atoms with Crippen LogP contribution in [-0.2, 0) is 6.54 Å². The first kappa shape index (κ1) is 8.80. The van der Waals surface area contributed by atoms with Gasteiger partial charge in [-0.25, -0.2) is 0 Å². The number of methoxy groups -OCH3 is 2. The zero-order valence-electron chi connectivity index (χ0n) is 7.20. The van der Waals surface area contributed by atoms with Gasteiger partial charge in [-0.15, -0.1) is 0 Å². The summed E-state index contributed by atoms with van der Waals surface area (Å²) in [6.07, 6.45) is 1.62. The van der Waals surface area contributed by atoms with Crippen molar-refractivity contribution in [2.45, 2.75) is 6.54 Å². The molecule has 0 atom stereocenters. The summed E-state index contributed by atoms with van der Waals surface area (Å²) in [4.78, 5) is 4.06. The molecule has 4 nitrogen and oxygen atoms in total. The van der Waals surface area contributed by atoms with Crippen LogP contribution in [0.3, 0.4) is 0 Å². The minimum Gasteiger partial charge on any atom is -0.495 e. The molecule has 1 rings (SSSR count). The van der Waals surface area contributed by atoms with E-state index in [-0.39, 0.29) is 0 Å². The SMILES string of the molecule is COc1cnc(CN)c(OC)c1. The summed E-state index contributed by atoms with van der Waals surface area (Å²) < 4.78 is 10.0. The monoisotopic (exact) mass is 168 g/mol. The molecular formula is C8H12N2O2. The Bertz CT molecular complexity index is 263. The molecule has 1 aromatic heterocycles. The van der Waals surface area contributed by atoms with Crippen LogP contribution < -0.4 is 15.2 Å². The molecular weight excluding hydrogens is 156 g/mol. The average molecular weight is 168 g/mol. The van der Waals surface area contributed by atoms with Crippen LogP contribution in [0.25, 0.3) is 0 Å². The van der Waals surface area contributed by atoms with Crippen molar-refractivity contribution in [3.8, 4) is 11.5 Å². The predicted molar refractivity (Wildman–Crippen MR) is 45.2 cm³/mol. The Balaban J connectivity index is 3.02. The van der Waals surface area contributed by atoms with Crippen molar-refractivity contribution in [1.82, 2.24) is 4.98 Å². The molecule has 0 aliphatic carbocycles. The number of nitrogens with two attached hydrogens (primary N) is 1. The van der Waals surface area contributed by atoms with Crippen molar-refractivity contribution in [2.24, 2.45) is 5.73 Å². The minimum absolute atomic E-state index is 0.368. The maximum absolute atomic E-state index is 5.43. The molecule has 0 aromatic carbocycles. The van der Waals surface area contributed by atoms with Crippen LogP contribution in [0, 0.1) is 0 Å². The van der Waals surface area contributed by atoms with Gasteiger partial charge in [0.2, 0.25) is 0 Å². The van der Waals surface area contributed by atoms with Gasteiger partial charge in [0.25, 0.3) is 0 Å². The Labute approximate surface area is 71.3 Å². The number of pyridine rings is 1. The molecule has 0 unspecified atom stereocenters. The average Bonchev–Trinajstić information content (AvgIpc) is 2.16. The van der Waals surface area contributed by atoms with Gasteiger partial charge in [0.15, 0.2) is 0 Å². The van der Waals surface area contributed by atoms with Crippen molar-refractivity contribution in [3.63, 3.8) is 0 Å². The van der Waals surface area contributed by atoms with Crippen LogP contribution in [0.5, 0.6) is 11.5 Å². The molecule has 1 heterocycles. The first-order valence-electron chi connectivity index (χ1n) is 3.58. The topological polar surface area (TPSA) is 57.4 Å². The molecule has 0 saturated carbocycles. The quantitative estimate of drug-likeness (QED) is 0.716. The van der Waals surface area contributed by atoms with Gasteiger partial charge < -0.3 is 15.2 Å². The highest BCUT2D eigenvalue weighted by molar-refractivity contribution is 5.34. The van der Waals surface area contributed by atoms with Gasteiger partial charge in [0, 0.05) is 12.6 Å². The first-order valence-corrected chi connectivity index (χ1v) is 3.58. The van der Waals surface area contributed by atoms with Gasteiger partial charge in [0.1, 0.15) is 11.5 Å². The van der Waals surface area contributed by atoms with Crippen molar-refractivity contribution in [1.29, 1.82) is 0 Å².